The molecule has 0 aliphatic rings. The van der Waals surface area contributed by atoms with E-state index in [0.29, 0.717) is 0 Å². The number of halogens is 4. The lowest BCUT2D eigenvalue weighted by Gasteiger charge is -2.10. The lowest BCUT2D eigenvalue weighted by Crippen LogP contribution is -2.19. The van der Waals surface area contributed by atoms with E-state index in [2.05, 4.69) is 9.72 Å². The smallest absolute Gasteiger partial charge is 0.388 e. The monoisotopic (exact) mass is 284 g/mol. The molecule has 0 saturated heterocycles. The number of carbonyl (C=O) groups excluding carboxylic acids is 1. The van der Waals surface area contributed by atoms with Crippen molar-refractivity contribution < 1.29 is 27.6 Å². The Balaban J connectivity index is 3.36. The molecule has 0 aromatic carbocycles. The van der Waals surface area contributed by atoms with E-state index < -0.39 is 33.8 Å². The van der Waals surface area contributed by atoms with Crippen LogP contribution >= 0.6 is 11.6 Å². The molecule has 0 unspecified atom stereocenters. The Labute approximate surface area is 102 Å². The van der Waals surface area contributed by atoms with Gasteiger partial charge in [-0.15, -0.1) is 13.2 Å². The first-order chi connectivity index (χ1) is 8.11. The minimum atomic E-state index is -5.03. The van der Waals surface area contributed by atoms with Crippen LogP contribution in [-0.2, 0) is 0 Å². The first-order valence-corrected chi connectivity index (χ1v) is 4.61. The van der Waals surface area contributed by atoms with E-state index in [1.54, 1.807) is 0 Å². The fourth-order valence-electron chi connectivity index (χ4n) is 1.08. The van der Waals surface area contributed by atoms with Crippen molar-refractivity contribution in [3.63, 3.8) is 0 Å². The summed E-state index contributed by atoms with van der Waals surface area (Å²) in [6, 6.07) is 0.726. The molecular formula is C8H4ClF3N2O4. The van der Waals surface area contributed by atoms with Gasteiger partial charge in [-0.05, 0) is 18.5 Å². The third-order valence-corrected chi connectivity index (χ3v) is 1.92. The lowest BCUT2D eigenvalue weighted by atomic mass is 10.2. The molecule has 6 nitrogen and oxygen atoms in total. The van der Waals surface area contributed by atoms with Gasteiger partial charge in [0.25, 0.3) is 10.9 Å². The maximum atomic E-state index is 12.0. The average Bonchev–Trinajstić information content (AvgIpc) is 2.17. The van der Waals surface area contributed by atoms with E-state index >= 15 is 0 Å². The molecule has 0 aliphatic carbocycles. The molecule has 10 heteroatoms. The van der Waals surface area contributed by atoms with Gasteiger partial charge >= 0.3 is 6.36 Å². The highest BCUT2D eigenvalue weighted by atomic mass is 35.5. The minimum absolute atomic E-state index is 0.249. The standard InChI is InChI=1S/C8H4ClF3N2O4/c1-3-2-4(14(16)17)5(6(9)15)13-7(3)18-8(10,11)12/h2H,1H3. The zero-order valence-corrected chi connectivity index (χ0v) is 9.37. The van der Waals surface area contributed by atoms with Crippen LogP contribution in [0.25, 0.3) is 0 Å². The average molecular weight is 285 g/mol. The first-order valence-electron chi connectivity index (χ1n) is 4.23. The van der Waals surface area contributed by atoms with Crippen LogP contribution in [0.5, 0.6) is 5.88 Å². The SMILES string of the molecule is Cc1cc([N+](=O)[O-])c(C(=O)Cl)nc1OC(F)(F)F. The molecule has 0 spiro atoms. The van der Waals surface area contributed by atoms with Gasteiger partial charge in [-0.3, -0.25) is 14.9 Å². The van der Waals surface area contributed by atoms with Crippen molar-refractivity contribution in [2.24, 2.45) is 0 Å². The highest BCUT2D eigenvalue weighted by Gasteiger charge is 2.34. The Bertz CT molecular complexity index is 518. The second-order valence-electron chi connectivity index (χ2n) is 3.06. The van der Waals surface area contributed by atoms with Gasteiger partial charge in [0.2, 0.25) is 11.6 Å². The Morgan fingerprint density at radius 3 is 2.50 bits per heavy atom. The molecule has 0 N–H and O–H groups in total. The molecule has 0 saturated carbocycles. The van der Waals surface area contributed by atoms with Crippen LogP contribution in [0.4, 0.5) is 18.9 Å². The highest BCUT2D eigenvalue weighted by molar-refractivity contribution is 6.67. The fraction of sp³-hybridized carbons (Fsp3) is 0.250. The summed E-state index contributed by atoms with van der Waals surface area (Å²) in [5.74, 6) is -0.961. The Morgan fingerprint density at radius 2 is 2.11 bits per heavy atom. The van der Waals surface area contributed by atoms with Crippen LogP contribution in [0.3, 0.4) is 0 Å². The number of rotatable bonds is 3. The van der Waals surface area contributed by atoms with E-state index in [1.807, 2.05) is 0 Å². The first kappa shape index (κ1) is 14.2. The zero-order valence-electron chi connectivity index (χ0n) is 8.62. The van der Waals surface area contributed by atoms with Gasteiger partial charge in [0.15, 0.2) is 0 Å². The Hall–Kier alpha value is -1.90. The number of nitro groups is 1. The number of hydrogen-bond acceptors (Lipinski definition) is 5. The normalized spacial score (nSPS) is 11.2. The maximum Gasteiger partial charge on any atom is 0.574 e. The topological polar surface area (TPSA) is 82.3 Å². The van der Waals surface area contributed by atoms with Crippen LogP contribution in [0.15, 0.2) is 6.07 Å². The van der Waals surface area contributed by atoms with Crippen molar-refractivity contribution in [3.8, 4) is 5.88 Å². The summed E-state index contributed by atoms with van der Waals surface area (Å²) in [6.45, 7) is 1.11. The molecule has 0 fully saturated rings. The molecule has 0 bridgehead atoms. The predicted octanol–water partition coefficient (Wildman–Crippen LogP) is 2.58. The van der Waals surface area contributed by atoms with Crippen molar-refractivity contribution in [1.29, 1.82) is 0 Å². The summed E-state index contributed by atoms with van der Waals surface area (Å²) in [7, 11) is 0. The molecular weight excluding hydrogens is 281 g/mol. The summed E-state index contributed by atoms with van der Waals surface area (Å²) < 4.78 is 39.5. The number of aromatic nitrogens is 1. The molecule has 1 heterocycles. The number of alkyl halides is 3. The highest BCUT2D eigenvalue weighted by Crippen LogP contribution is 2.29. The number of nitrogens with zero attached hydrogens (tertiary/aromatic N) is 2. The van der Waals surface area contributed by atoms with Gasteiger partial charge in [0.05, 0.1) is 4.92 Å². The van der Waals surface area contributed by atoms with Gasteiger partial charge < -0.3 is 4.74 Å². The summed E-state index contributed by atoms with van der Waals surface area (Å²) in [5.41, 5.74) is -1.95. The van der Waals surface area contributed by atoms with E-state index in [4.69, 9.17) is 11.6 Å². The number of pyridine rings is 1. The second-order valence-corrected chi connectivity index (χ2v) is 3.40. The molecule has 1 rings (SSSR count). The molecule has 1 aromatic rings. The van der Waals surface area contributed by atoms with Crippen molar-refractivity contribution in [3.05, 3.63) is 27.4 Å². The zero-order chi connectivity index (χ0) is 14.1. The largest absolute Gasteiger partial charge is 0.574 e. The lowest BCUT2D eigenvalue weighted by molar-refractivity contribution is -0.385. The molecule has 0 atom stereocenters. The minimum Gasteiger partial charge on any atom is -0.388 e. The number of carbonyl (C=O) groups is 1. The van der Waals surface area contributed by atoms with Gasteiger partial charge in [-0.1, -0.05) is 0 Å². The molecule has 0 radical (unpaired) electrons. The quantitative estimate of drug-likeness (QED) is 0.484. The van der Waals surface area contributed by atoms with Crippen LogP contribution < -0.4 is 4.74 Å². The fourth-order valence-corrected chi connectivity index (χ4v) is 1.22. The van der Waals surface area contributed by atoms with Crippen LogP contribution in [-0.4, -0.2) is 21.5 Å². The maximum absolute atomic E-state index is 12.0. The van der Waals surface area contributed by atoms with Crippen molar-refractivity contribution in [2.45, 2.75) is 13.3 Å². The molecule has 1 aromatic heterocycles. The van der Waals surface area contributed by atoms with Crippen molar-refractivity contribution in [2.75, 3.05) is 0 Å². The Morgan fingerprint density at radius 1 is 1.56 bits per heavy atom. The summed E-state index contributed by atoms with van der Waals surface area (Å²) >= 11 is 5.01. The molecule has 18 heavy (non-hydrogen) atoms. The molecule has 0 amide bonds. The van der Waals surface area contributed by atoms with Gasteiger partial charge in [-0.2, -0.15) is 0 Å². The van der Waals surface area contributed by atoms with Crippen molar-refractivity contribution in [1.82, 2.24) is 4.98 Å². The van der Waals surface area contributed by atoms with Crippen LogP contribution in [0.1, 0.15) is 16.1 Å². The number of aryl methyl sites for hydroxylation is 1. The van der Waals surface area contributed by atoms with E-state index in [0.717, 1.165) is 13.0 Å². The van der Waals surface area contributed by atoms with E-state index in [9.17, 15) is 28.1 Å². The molecule has 0 aliphatic heterocycles. The number of hydrogen-bond donors (Lipinski definition) is 0. The summed E-state index contributed by atoms with van der Waals surface area (Å²) in [4.78, 5) is 23.6. The summed E-state index contributed by atoms with van der Waals surface area (Å²) in [5, 5.41) is 9.21. The summed E-state index contributed by atoms with van der Waals surface area (Å²) in [6.07, 6.45) is -5.03. The van der Waals surface area contributed by atoms with E-state index in [1.165, 1.54) is 0 Å². The number of ether oxygens (including phenoxy) is 1. The van der Waals surface area contributed by atoms with Crippen molar-refractivity contribution >= 4 is 22.5 Å². The van der Waals surface area contributed by atoms with Gasteiger partial charge in [0, 0.05) is 11.6 Å². The van der Waals surface area contributed by atoms with Crippen LogP contribution in [0, 0.1) is 17.0 Å². The Kier molecular flexibility index (Phi) is 3.75. The third-order valence-electron chi connectivity index (χ3n) is 1.74. The van der Waals surface area contributed by atoms with E-state index in [-0.39, 0.29) is 5.56 Å². The van der Waals surface area contributed by atoms with Crippen LogP contribution in [0.2, 0.25) is 0 Å². The van der Waals surface area contributed by atoms with Gasteiger partial charge in [0.1, 0.15) is 0 Å². The predicted molar refractivity (Wildman–Crippen MR) is 52.5 cm³/mol. The third kappa shape index (κ3) is 3.29. The molecule has 98 valence electrons. The van der Waals surface area contributed by atoms with Gasteiger partial charge in [-0.25, -0.2) is 4.98 Å². The second kappa shape index (κ2) is 4.77.